The first-order valence-corrected chi connectivity index (χ1v) is 5.82. The number of aromatic nitrogens is 2. The zero-order chi connectivity index (χ0) is 12.6. The monoisotopic (exact) mass is 294 g/mol. The Balaban J connectivity index is 2.62. The van der Waals surface area contributed by atoms with Gasteiger partial charge in [-0.05, 0) is 28.9 Å². The molecule has 88 valence electrons. The van der Waals surface area contributed by atoms with Crippen molar-refractivity contribution in [3.63, 3.8) is 0 Å². The highest BCUT2D eigenvalue weighted by Gasteiger charge is 2.19. The Kier molecular flexibility index (Phi) is 3.02. The summed E-state index contributed by atoms with van der Waals surface area (Å²) in [4.78, 5) is 15.3. The summed E-state index contributed by atoms with van der Waals surface area (Å²) in [6.07, 6.45) is 0. The van der Waals surface area contributed by atoms with Crippen molar-refractivity contribution in [2.24, 2.45) is 7.05 Å². The molecule has 1 heterocycles. The third-order valence-corrected chi connectivity index (χ3v) is 3.08. The van der Waals surface area contributed by atoms with Gasteiger partial charge in [-0.25, -0.2) is 9.78 Å². The Labute approximate surface area is 107 Å². The minimum atomic E-state index is -0.995. The van der Waals surface area contributed by atoms with Crippen molar-refractivity contribution < 1.29 is 9.90 Å². The number of imidazole rings is 1. The Hall–Kier alpha value is -1.62. The molecule has 2 rings (SSSR count). The van der Waals surface area contributed by atoms with Gasteiger partial charge >= 0.3 is 5.97 Å². The maximum Gasteiger partial charge on any atom is 0.355 e. The number of carboxylic acids is 1. The van der Waals surface area contributed by atoms with Crippen LogP contribution in [-0.2, 0) is 7.05 Å². The molecule has 1 aromatic heterocycles. The quantitative estimate of drug-likeness (QED) is 0.927. The van der Waals surface area contributed by atoms with E-state index in [4.69, 9.17) is 5.11 Å². The summed E-state index contributed by atoms with van der Waals surface area (Å²) in [6, 6.07) is 7.79. The maximum absolute atomic E-state index is 11.1. The van der Waals surface area contributed by atoms with Gasteiger partial charge in [0.2, 0.25) is 0 Å². The summed E-state index contributed by atoms with van der Waals surface area (Å²) >= 11 is 3.17. The Morgan fingerprint density at radius 3 is 2.71 bits per heavy atom. The number of benzene rings is 1. The molecule has 1 aromatic carbocycles. The number of aryl methyl sites for hydroxylation is 1. The number of carboxylic acid groups (broad SMARTS) is 1. The van der Waals surface area contributed by atoms with Crippen molar-refractivity contribution in [2.75, 3.05) is 0 Å². The maximum atomic E-state index is 11.1. The third kappa shape index (κ3) is 2.10. The topological polar surface area (TPSA) is 55.1 Å². The number of nitrogens with zero attached hydrogens (tertiary/aromatic N) is 2. The van der Waals surface area contributed by atoms with Crippen LogP contribution in [0.4, 0.5) is 0 Å². The van der Waals surface area contributed by atoms with E-state index in [1.165, 1.54) is 0 Å². The number of rotatable bonds is 2. The van der Waals surface area contributed by atoms with Gasteiger partial charge in [-0.2, -0.15) is 0 Å². The summed E-state index contributed by atoms with van der Waals surface area (Å²) in [5.74, 6) is -0.358. The Morgan fingerprint density at radius 2 is 2.18 bits per heavy atom. The van der Waals surface area contributed by atoms with Crippen LogP contribution in [0.15, 0.2) is 28.9 Å². The van der Waals surface area contributed by atoms with Crippen molar-refractivity contribution >= 4 is 21.9 Å². The third-order valence-electron chi connectivity index (χ3n) is 2.53. The molecule has 0 aliphatic carbocycles. The van der Waals surface area contributed by atoms with E-state index in [0.717, 1.165) is 11.1 Å². The highest BCUT2D eigenvalue weighted by molar-refractivity contribution is 9.10. The van der Waals surface area contributed by atoms with Crippen molar-refractivity contribution in [2.45, 2.75) is 6.92 Å². The smallest absolute Gasteiger partial charge is 0.355 e. The summed E-state index contributed by atoms with van der Waals surface area (Å²) in [5, 5.41) is 9.07. The van der Waals surface area contributed by atoms with E-state index in [1.54, 1.807) is 11.6 Å². The second-order valence-corrected chi connectivity index (χ2v) is 4.56. The van der Waals surface area contributed by atoms with Crippen LogP contribution in [0.1, 0.15) is 16.1 Å². The van der Waals surface area contributed by atoms with Crippen LogP contribution in [0.25, 0.3) is 11.4 Å². The van der Waals surface area contributed by atoms with Gasteiger partial charge in [0.1, 0.15) is 10.4 Å². The minimum absolute atomic E-state index is 0.154. The lowest BCUT2D eigenvalue weighted by Gasteiger charge is -2.03. The largest absolute Gasteiger partial charge is 0.476 e. The van der Waals surface area contributed by atoms with Crippen LogP contribution < -0.4 is 0 Å². The van der Waals surface area contributed by atoms with Crippen LogP contribution in [0, 0.1) is 6.92 Å². The van der Waals surface area contributed by atoms with Crippen molar-refractivity contribution in [1.82, 2.24) is 9.55 Å². The van der Waals surface area contributed by atoms with E-state index in [2.05, 4.69) is 20.9 Å². The Bertz CT molecular complexity index is 590. The predicted molar refractivity (Wildman–Crippen MR) is 68.0 cm³/mol. The van der Waals surface area contributed by atoms with Crippen LogP contribution in [-0.4, -0.2) is 20.6 Å². The second-order valence-electron chi connectivity index (χ2n) is 3.81. The number of carbonyl (C=O) groups is 1. The van der Waals surface area contributed by atoms with Crippen molar-refractivity contribution in [3.05, 3.63) is 40.1 Å². The zero-order valence-electron chi connectivity index (χ0n) is 9.44. The predicted octanol–water partition coefficient (Wildman–Crippen LogP) is 2.86. The standard InChI is InChI=1S/C12H11BrN2O2/c1-7-4-3-5-8(6-7)11-14-10(13)9(12(16)17)15(11)2/h3-6H,1-2H3,(H,16,17). The van der Waals surface area contributed by atoms with Gasteiger partial charge in [0, 0.05) is 12.6 Å². The molecular weight excluding hydrogens is 284 g/mol. The molecule has 1 N–H and O–H groups in total. The van der Waals surface area contributed by atoms with E-state index in [-0.39, 0.29) is 5.69 Å². The second kappa shape index (κ2) is 4.33. The molecule has 2 aromatic rings. The molecule has 0 saturated carbocycles. The molecule has 4 nitrogen and oxygen atoms in total. The highest BCUT2D eigenvalue weighted by atomic mass is 79.9. The molecule has 0 amide bonds. The van der Waals surface area contributed by atoms with E-state index in [1.807, 2.05) is 31.2 Å². The Morgan fingerprint density at radius 1 is 1.47 bits per heavy atom. The molecule has 17 heavy (non-hydrogen) atoms. The van der Waals surface area contributed by atoms with Crippen LogP contribution in [0.2, 0.25) is 0 Å². The molecule has 0 spiro atoms. The summed E-state index contributed by atoms with van der Waals surface area (Å²) in [6.45, 7) is 1.99. The first-order chi connectivity index (χ1) is 8.00. The molecule has 0 fully saturated rings. The van der Waals surface area contributed by atoms with Crippen LogP contribution in [0.3, 0.4) is 0 Å². The van der Waals surface area contributed by atoms with Gasteiger partial charge in [-0.3, -0.25) is 0 Å². The number of hydrogen-bond donors (Lipinski definition) is 1. The SMILES string of the molecule is Cc1cccc(-c2nc(Br)c(C(=O)O)n2C)c1. The summed E-state index contributed by atoms with van der Waals surface area (Å²) in [5.41, 5.74) is 2.17. The highest BCUT2D eigenvalue weighted by Crippen LogP contribution is 2.25. The average Bonchev–Trinajstić information content (AvgIpc) is 2.54. The fourth-order valence-electron chi connectivity index (χ4n) is 1.74. The lowest BCUT2D eigenvalue weighted by molar-refractivity contribution is 0.0685. The van der Waals surface area contributed by atoms with Gasteiger partial charge < -0.3 is 9.67 Å². The first kappa shape index (κ1) is 11.9. The average molecular weight is 295 g/mol. The fraction of sp³-hybridized carbons (Fsp3) is 0.167. The van der Waals surface area contributed by atoms with E-state index in [9.17, 15) is 4.79 Å². The van der Waals surface area contributed by atoms with Crippen molar-refractivity contribution in [1.29, 1.82) is 0 Å². The summed E-state index contributed by atoms with van der Waals surface area (Å²) < 4.78 is 1.92. The van der Waals surface area contributed by atoms with Gasteiger partial charge in [0.15, 0.2) is 5.69 Å². The molecule has 0 unspecified atom stereocenters. The number of aromatic carboxylic acids is 1. The lowest BCUT2D eigenvalue weighted by atomic mass is 10.1. The fourth-order valence-corrected chi connectivity index (χ4v) is 2.34. The van der Waals surface area contributed by atoms with Gasteiger partial charge in [-0.1, -0.05) is 23.8 Å². The molecule has 0 aliphatic heterocycles. The van der Waals surface area contributed by atoms with Crippen LogP contribution in [0.5, 0.6) is 0 Å². The van der Waals surface area contributed by atoms with Gasteiger partial charge in [0.05, 0.1) is 0 Å². The van der Waals surface area contributed by atoms with E-state index < -0.39 is 5.97 Å². The van der Waals surface area contributed by atoms with Crippen molar-refractivity contribution in [3.8, 4) is 11.4 Å². The molecule has 0 atom stereocenters. The molecule has 0 radical (unpaired) electrons. The lowest BCUT2D eigenvalue weighted by Crippen LogP contribution is -2.05. The zero-order valence-corrected chi connectivity index (χ0v) is 11.0. The molecule has 0 bridgehead atoms. The molecule has 0 aliphatic rings. The molecular formula is C12H11BrN2O2. The summed E-state index contributed by atoms with van der Waals surface area (Å²) in [7, 11) is 1.69. The normalized spacial score (nSPS) is 10.5. The van der Waals surface area contributed by atoms with E-state index >= 15 is 0 Å². The first-order valence-electron chi connectivity index (χ1n) is 5.03. The van der Waals surface area contributed by atoms with Crippen LogP contribution >= 0.6 is 15.9 Å². The minimum Gasteiger partial charge on any atom is -0.476 e. The van der Waals surface area contributed by atoms with Gasteiger partial charge in [0.25, 0.3) is 0 Å². The molecule has 5 heteroatoms. The number of hydrogen-bond acceptors (Lipinski definition) is 2. The molecule has 0 saturated heterocycles. The van der Waals surface area contributed by atoms with E-state index in [0.29, 0.717) is 10.4 Å². The van der Waals surface area contributed by atoms with Gasteiger partial charge in [-0.15, -0.1) is 0 Å². The number of halogens is 1.